The highest BCUT2D eigenvalue weighted by Crippen LogP contribution is 2.10. The number of benzene rings is 1. The van der Waals surface area contributed by atoms with Crippen LogP contribution in [-0.4, -0.2) is 40.6 Å². The molecule has 0 aliphatic rings. The molecule has 0 fully saturated rings. The molecule has 3 aromatic rings. The van der Waals surface area contributed by atoms with Crippen molar-refractivity contribution in [1.29, 1.82) is 0 Å². The SMILES string of the molecule is CN=C(NCCc1ncc(C)s1)NCCc1nccn1Cc1ccccc1. The summed E-state index contributed by atoms with van der Waals surface area (Å²) in [6.07, 6.45) is 7.56. The number of rotatable bonds is 8. The molecule has 0 atom stereocenters. The first-order chi connectivity index (χ1) is 13.2. The molecule has 27 heavy (non-hydrogen) atoms. The van der Waals surface area contributed by atoms with Gasteiger partial charge in [-0.1, -0.05) is 30.3 Å². The third-order valence-electron chi connectivity index (χ3n) is 4.16. The van der Waals surface area contributed by atoms with Crippen molar-refractivity contribution in [3.63, 3.8) is 0 Å². The molecule has 6 nitrogen and oxygen atoms in total. The van der Waals surface area contributed by atoms with Crippen molar-refractivity contribution in [3.05, 3.63) is 70.2 Å². The molecule has 2 aromatic heterocycles. The lowest BCUT2D eigenvalue weighted by Crippen LogP contribution is -2.39. The van der Waals surface area contributed by atoms with Gasteiger partial charge in [-0.25, -0.2) is 9.97 Å². The van der Waals surface area contributed by atoms with E-state index in [1.165, 1.54) is 10.4 Å². The quantitative estimate of drug-likeness (QED) is 0.464. The van der Waals surface area contributed by atoms with E-state index < -0.39 is 0 Å². The average Bonchev–Trinajstić information content (AvgIpc) is 3.30. The fourth-order valence-corrected chi connectivity index (χ4v) is 3.60. The molecule has 3 rings (SSSR count). The predicted octanol–water partition coefficient (Wildman–Crippen LogP) is 2.65. The fraction of sp³-hybridized carbons (Fsp3) is 0.350. The Morgan fingerprint density at radius 1 is 1.11 bits per heavy atom. The summed E-state index contributed by atoms with van der Waals surface area (Å²) in [7, 11) is 1.79. The van der Waals surface area contributed by atoms with Crippen LogP contribution in [0.3, 0.4) is 0 Å². The lowest BCUT2D eigenvalue weighted by molar-refractivity contribution is 0.693. The second kappa shape index (κ2) is 9.87. The first kappa shape index (κ1) is 19.1. The van der Waals surface area contributed by atoms with E-state index >= 15 is 0 Å². The zero-order valence-electron chi connectivity index (χ0n) is 15.9. The number of aliphatic imine (C=N–C) groups is 1. The molecule has 1 aromatic carbocycles. The summed E-state index contributed by atoms with van der Waals surface area (Å²) >= 11 is 1.74. The van der Waals surface area contributed by atoms with Crippen molar-refractivity contribution in [3.8, 4) is 0 Å². The minimum Gasteiger partial charge on any atom is -0.356 e. The van der Waals surface area contributed by atoms with E-state index in [4.69, 9.17) is 0 Å². The topological polar surface area (TPSA) is 67.1 Å². The highest BCUT2D eigenvalue weighted by atomic mass is 32.1. The van der Waals surface area contributed by atoms with Crippen LogP contribution in [0, 0.1) is 6.92 Å². The molecule has 0 saturated carbocycles. The standard InChI is InChI=1S/C20H26N6S/c1-16-14-25-19(27-16)9-11-24-20(21-2)23-10-8-18-22-12-13-26(18)15-17-6-4-3-5-7-17/h3-7,12-14H,8-11,15H2,1-2H3,(H2,21,23,24). The monoisotopic (exact) mass is 382 g/mol. The van der Waals surface area contributed by atoms with Gasteiger partial charge in [-0.2, -0.15) is 0 Å². The predicted molar refractivity (Wildman–Crippen MR) is 111 cm³/mol. The lowest BCUT2D eigenvalue weighted by Gasteiger charge is -2.12. The van der Waals surface area contributed by atoms with Gasteiger partial charge in [0.1, 0.15) is 5.82 Å². The minimum absolute atomic E-state index is 0.780. The highest BCUT2D eigenvalue weighted by molar-refractivity contribution is 7.11. The maximum atomic E-state index is 4.49. The zero-order valence-corrected chi connectivity index (χ0v) is 16.7. The normalized spacial score (nSPS) is 11.6. The van der Waals surface area contributed by atoms with Crippen molar-refractivity contribution in [2.45, 2.75) is 26.3 Å². The maximum Gasteiger partial charge on any atom is 0.191 e. The van der Waals surface area contributed by atoms with Gasteiger partial charge in [0.2, 0.25) is 0 Å². The number of hydrogen-bond acceptors (Lipinski definition) is 4. The van der Waals surface area contributed by atoms with Crippen molar-refractivity contribution >= 4 is 17.3 Å². The molecular formula is C20H26N6S. The van der Waals surface area contributed by atoms with Gasteiger partial charge in [0.05, 0.1) is 5.01 Å². The van der Waals surface area contributed by atoms with E-state index in [0.717, 1.165) is 49.3 Å². The molecule has 2 heterocycles. The Kier molecular flexibility index (Phi) is 6.98. The van der Waals surface area contributed by atoms with Crippen LogP contribution in [0.1, 0.15) is 21.3 Å². The molecule has 0 aliphatic heterocycles. The molecule has 0 spiro atoms. The third-order valence-corrected chi connectivity index (χ3v) is 5.14. The molecule has 0 amide bonds. The molecule has 0 saturated heterocycles. The van der Waals surface area contributed by atoms with Gasteiger partial charge in [0.15, 0.2) is 5.96 Å². The Balaban J connectivity index is 1.42. The van der Waals surface area contributed by atoms with Crippen LogP contribution >= 0.6 is 11.3 Å². The molecule has 0 unspecified atom stereocenters. The van der Waals surface area contributed by atoms with Crippen LogP contribution in [0.2, 0.25) is 0 Å². The molecule has 0 bridgehead atoms. The fourth-order valence-electron chi connectivity index (χ4n) is 2.81. The van der Waals surface area contributed by atoms with E-state index in [9.17, 15) is 0 Å². The molecule has 142 valence electrons. The first-order valence-electron chi connectivity index (χ1n) is 9.14. The van der Waals surface area contributed by atoms with Gasteiger partial charge in [-0.05, 0) is 12.5 Å². The van der Waals surface area contributed by atoms with Gasteiger partial charge in [0, 0.05) is 63.0 Å². The largest absolute Gasteiger partial charge is 0.356 e. The number of nitrogens with one attached hydrogen (secondary N) is 2. The number of thiazole rings is 1. The number of hydrogen-bond donors (Lipinski definition) is 2. The van der Waals surface area contributed by atoms with Crippen LogP contribution in [0.25, 0.3) is 0 Å². The van der Waals surface area contributed by atoms with Crippen molar-refractivity contribution in [1.82, 2.24) is 25.2 Å². The van der Waals surface area contributed by atoms with E-state index in [1.807, 2.05) is 24.7 Å². The van der Waals surface area contributed by atoms with Crippen LogP contribution in [-0.2, 0) is 19.4 Å². The van der Waals surface area contributed by atoms with E-state index in [2.05, 4.69) is 61.4 Å². The average molecular weight is 383 g/mol. The van der Waals surface area contributed by atoms with Crippen LogP contribution < -0.4 is 10.6 Å². The molecule has 0 radical (unpaired) electrons. The summed E-state index contributed by atoms with van der Waals surface area (Å²) < 4.78 is 2.19. The van der Waals surface area contributed by atoms with Crippen molar-refractivity contribution < 1.29 is 0 Å². The summed E-state index contributed by atoms with van der Waals surface area (Å²) in [5.74, 6) is 1.88. The smallest absolute Gasteiger partial charge is 0.191 e. The summed E-state index contributed by atoms with van der Waals surface area (Å²) in [6.45, 7) is 4.52. The highest BCUT2D eigenvalue weighted by Gasteiger charge is 2.05. The molecule has 2 N–H and O–H groups in total. The summed E-state index contributed by atoms with van der Waals surface area (Å²) in [4.78, 5) is 14.4. The summed E-state index contributed by atoms with van der Waals surface area (Å²) in [5.41, 5.74) is 1.28. The van der Waals surface area contributed by atoms with Crippen LogP contribution in [0.4, 0.5) is 0 Å². The lowest BCUT2D eigenvalue weighted by atomic mass is 10.2. The Bertz CT molecular complexity index is 852. The van der Waals surface area contributed by atoms with Gasteiger partial charge in [-0.15, -0.1) is 11.3 Å². The molecule has 7 heteroatoms. The van der Waals surface area contributed by atoms with Crippen molar-refractivity contribution in [2.24, 2.45) is 4.99 Å². The molecule has 0 aliphatic carbocycles. The van der Waals surface area contributed by atoms with E-state index in [-0.39, 0.29) is 0 Å². The van der Waals surface area contributed by atoms with Gasteiger partial charge < -0.3 is 15.2 Å². The third kappa shape index (κ3) is 5.92. The van der Waals surface area contributed by atoms with Crippen molar-refractivity contribution in [2.75, 3.05) is 20.1 Å². The van der Waals surface area contributed by atoms with E-state index in [0.29, 0.717) is 0 Å². The van der Waals surface area contributed by atoms with Crippen LogP contribution in [0.5, 0.6) is 0 Å². The first-order valence-corrected chi connectivity index (χ1v) is 9.96. The van der Waals surface area contributed by atoms with Gasteiger partial charge in [0.25, 0.3) is 0 Å². The number of imidazole rings is 1. The zero-order chi connectivity index (χ0) is 18.9. The Hall–Kier alpha value is -2.67. The Labute approximate surface area is 164 Å². The number of aryl methyl sites for hydroxylation is 1. The second-order valence-electron chi connectivity index (χ2n) is 6.25. The van der Waals surface area contributed by atoms with Crippen LogP contribution in [0.15, 0.2) is 53.9 Å². The minimum atomic E-state index is 0.780. The molecular weight excluding hydrogens is 356 g/mol. The van der Waals surface area contributed by atoms with E-state index in [1.54, 1.807) is 18.4 Å². The number of guanidine groups is 1. The van der Waals surface area contributed by atoms with Gasteiger partial charge >= 0.3 is 0 Å². The summed E-state index contributed by atoms with van der Waals surface area (Å²) in [5, 5.41) is 7.85. The summed E-state index contributed by atoms with van der Waals surface area (Å²) in [6, 6.07) is 10.4. The maximum absolute atomic E-state index is 4.49. The number of aromatic nitrogens is 3. The number of nitrogens with zero attached hydrogens (tertiary/aromatic N) is 4. The van der Waals surface area contributed by atoms with Gasteiger partial charge in [-0.3, -0.25) is 4.99 Å². The second-order valence-corrected chi connectivity index (χ2v) is 7.57. The Morgan fingerprint density at radius 2 is 1.89 bits per heavy atom. The Morgan fingerprint density at radius 3 is 2.59 bits per heavy atom.